The molecule has 3 aliphatic rings. The van der Waals surface area contributed by atoms with E-state index in [1.807, 2.05) is 42.5 Å². The summed E-state index contributed by atoms with van der Waals surface area (Å²) in [5.74, 6) is 0.959. The van der Waals surface area contributed by atoms with Gasteiger partial charge in [-0.3, -0.25) is 9.36 Å². The summed E-state index contributed by atoms with van der Waals surface area (Å²) in [7, 11) is 0. The molecule has 0 saturated heterocycles. The molecule has 0 aliphatic heterocycles. The first-order valence-corrected chi connectivity index (χ1v) is 16.9. The van der Waals surface area contributed by atoms with Gasteiger partial charge >= 0.3 is 0 Å². The van der Waals surface area contributed by atoms with Gasteiger partial charge in [0, 0.05) is 44.3 Å². The minimum atomic E-state index is 0.0240. The number of benzene rings is 7. The fourth-order valence-corrected chi connectivity index (χ4v) is 9.20. The van der Waals surface area contributed by atoms with Gasteiger partial charge in [-0.05, 0) is 74.8 Å². The van der Waals surface area contributed by atoms with E-state index in [9.17, 15) is 4.79 Å². The number of nitrogens with zero attached hydrogens (tertiary/aromatic N) is 3. The maximum atomic E-state index is 13.7. The first-order chi connectivity index (χ1) is 24.2. The quantitative estimate of drug-likeness (QED) is 0.183. The highest BCUT2D eigenvalue weighted by Gasteiger charge is 2.37. The summed E-state index contributed by atoms with van der Waals surface area (Å²) in [6, 6.07) is 47.3. The minimum absolute atomic E-state index is 0.0240. The van der Waals surface area contributed by atoms with Crippen molar-refractivity contribution < 1.29 is 4.79 Å². The molecule has 9 aromatic rings. The minimum Gasteiger partial charge on any atom is -0.289 e. The standard InChI is InChI=1S/C45H25N3O/c49-44-31-17-8-7-16-30(31)42-41-32(44)18-9-19-38(41)46-45(47-42)48-39-21-25-11-2-1-10-24(25)20-35(39)37-23-34-27-13-4-3-12-26(27)33-22-36(34)40(43(37)48)29-15-6-5-14-28(29)33/h1-21,23,33H,22H2. The summed E-state index contributed by atoms with van der Waals surface area (Å²) in [6.45, 7) is 0. The lowest BCUT2D eigenvalue weighted by Crippen LogP contribution is -2.19. The second kappa shape index (κ2) is 8.94. The molecule has 0 saturated carbocycles. The molecule has 4 nitrogen and oxygen atoms in total. The molecule has 3 aliphatic carbocycles. The third-order valence-corrected chi connectivity index (χ3v) is 11.2. The van der Waals surface area contributed by atoms with Gasteiger partial charge in [-0.1, -0.05) is 109 Å². The fourth-order valence-electron chi connectivity index (χ4n) is 9.20. The summed E-state index contributed by atoms with van der Waals surface area (Å²) in [6.07, 6.45) is 0.959. The monoisotopic (exact) mass is 623 g/mol. The number of fused-ring (bicyclic) bond motifs is 14. The highest BCUT2D eigenvalue weighted by atomic mass is 16.1. The zero-order chi connectivity index (χ0) is 32.0. The number of carbonyl (C=O) groups is 1. The van der Waals surface area contributed by atoms with Crippen LogP contribution in [0.1, 0.15) is 38.5 Å². The van der Waals surface area contributed by atoms with Crippen LogP contribution >= 0.6 is 0 Å². The average molecular weight is 624 g/mol. The molecule has 1 atom stereocenters. The van der Waals surface area contributed by atoms with E-state index in [1.54, 1.807) is 0 Å². The van der Waals surface area contributed by atoms with E-state index in [0.29, 0.717) is 23.0 Å². The van der Waals surface area contributed by atoms with Crippen LogP contribution in [0.2, 0.25) is 0 Å². The Balaban J connectivity index is 1.30. The summed E-state index contributed by atoms with van der Waals surface area (Å²) >= 11 is 0. The molecule has 226 valence electrons. The predicted molar refractivity (Wildman–Crippen MR) is 197 cm³/mol. The van der Waals surface area contributed by atoms with E-state index in [4.69, 9.17) is 9.97 Å². The molecule has 49 heavy (non-hydrogen) atoms. The second-order valence-corrected chi connectivity index (χ2v) is 13.6. The van der Waals surface area contributed by atoms with Gasteiger partial charge in [0.1, 0.15) is 0 Å². The lowest BCUT2D eigenvalue weighted by Gasteiger charge is -2.36. The van der Waals surface area contributed by atoms with Crippen molar-refractivity contribution >= 4 is 49.3 Å². The smallest absolute Gasteiger partial charge is 0.235 e. The van der Waals surface area contributed by atoms with E-state index in [-0.39, 0.29) is 5.78 Å². The van der Waals surface area contributed by atoms with E-state index >= 15 is 0 Å². The van der Waals surface area contributed by atoms with Crippen molar-refractivity contribution in [2.45, 2.75) is 12.3 Å². The Bertz CT molecular complexity index is 3000. The fraction of sp³-hybridized carbons (Fsp3) is 0.0444. The van der Waals surface area contributed by atoms with E-state index in [0.717, 1.165) is 39.6 Å². The van der Waals surface area contributed by atoms with Crippen molar-refractivity contribution in [3.8, 4) is 39.5 Å². The molecule has 2 heterocycles. The Labute approximate surface area is 280 Å². The van der Waals surface area contributed by atoms with Crippen LogP contribution in [0.25, 0.3) is 82.9 Å². The molecule has 0 N–H and O–H groups in total. The lowest BCUT2D eigenvalue weighted by molar-refractivity contribution is 0.104. The summed E-state index contributed by atoms with van der Waals surface area (Å²) in [4.78, 5) is 24.4. The topological polar surface area (TPSA) is 47.8 Å². The molecule has 0 radical (unpaired) electrons. The van der Waals surface area contributed by atoms with Crippen LogP contribution in [0.3, 0.4) is 0 Å². The number of aromatic nitrogens is 3. The Hall–Kier alpha value is -6.39. The maximum Gasteiger partial charge on any atom is 0.235 e. The Morgan fingerprint density at radius 1 is 0.571 bits per heavy atom. The molecule has 0 fully saturated rings. The Kier molecular flexibility index (Phi) is 4.68. The number of hydrogen-bond acceptors (Lipinski definition) is 3. The van der Waals surface area contributed by atoms with E-state index < -0.39 is 0 Å². The van der Waals surface area contributed by atoms with Crippen LogP contribution in [0.15, 0.2) is 133 Å². The van der Waals surface area contributed by atoms with Gasteiger partial charge in [-0.15, -0.1) is 0 Å². The van der Waals surface area contributed by atoms with Gasteiger partial charge < -0.3 is 0 Å². The molecule has 12 rings (SSSR count). The SMILES string of the molecule is O=C1c2ccccc2-c2nc(-n3c4cc5ccccc5cc4c4cc5c6c(c43)-c3ccccc3C(C6)c3ccccc3-5)nc3cccc1c23. The van der Waals surface area contributed by atoms with Gasteiger partial charge in [-0.25, -0.2) is 9.97 Å². The van der Waals surface area contributed by atoms with Crippen molar-refractivity contribution in [3.63, 3.8) is 0 Å². The van der Waals surface area contributed by atoms with Crippen molar-refractivity contribution in [2.24, 2.45) is 0 Å². The van der Waals surface area contributed by atoms with Crippen molar-refractivity contribution in [1.82, 2.24) is 14.5 Å². The molecule has 0 spiro atoms. The zero-order valence-electron chi connectivity index (χ0n) is 26.2. The summed E-state index contributed by atoms with van der Waals surface area (Å²) < 4.78 is 2.31. The van der Waals surface area contributed by atoms with Gasteiger partial charge in [0.25, 0.3) is 0 Å². The number of hydrogen-bond donors (Lipinski definition) is 0. The maximum absolute atomic E-state index is 13.7. The molecule has 1 unspecified atom stereocenters. The van der Waals surface area contributed by atoms with Crippen LogP contribution in [0.5, 0.6) is 0 Å². The van der Waals surface area contributed by atoms with Crippen LogP contribution < -0.4 is 0 Å². The van der Waals surface area contributed by atoms with E-state index in [2.05, 4.69) is 95.6 Å². The third kappa shape index (κ3) is 3.17. The molecule has 7 aromatic carbocycles. The molecule has 4 heteroatoms. The van der Waals surface area contributed by atoms with Crippen molar-refractivity contribution in [2.75, 3.05) is 0 Å². The second-order valence-electron chi connectivity index (χ2n) is 13.6. The molecule has 2 aromatic heterocycles. The Morgan fingerprint density at radius 3 is 2.08 bits per heavy atom. The van der Waals surface area contributed by atoms with Gasteiger partial charge in [0.15, 0.2) is 5.78 Å². The first-order valence-electron chi connectivity index (χ1n) is 16.9. The Morgan fingerprint density at radius 2 is 1.24 bits per heavy atom. The lowest BCUT2D eigenvalue weighted by atomic mass is 9.67. The van der Waals surface area contributed by atoms with Gasteiger partial charge in [0.05, 0.1) is 22.2 Å². The van der Waals surface area contributed by atoms with E-state index in [1.165, 1.54) is 60.5 Å². The predicted octanol–water partition coefficient (Wildman–Crippen LogP) is 10.4. The molecule has 2 bridgehead atoms. The average Bonchev–Trinajstić information content (AvgIpc) is 3.47. The van der Waals surface area contributed by atoms with Crippen LogP contribution in [0, 0.1) is 0 Å². The van der Waals surface area contributed by atoms with Crippen LogP contribution in [-0.4, -0.2) is 20.3 Å². The summed E-state index contributed by atoms with van der Waals surface area (Å²) in [5, 5.41) is 5.57. The molecular formula is C45H25N3O. The van der Waals surface area contributed by atoms with Crippen LogP contribution in [-0.2, 0) is 6.42 Å². The normalized spacial score (nSPS) is 15.1. The zero-order valence-corrected chi connectivity index (χ0v) is 26.2. The molecule has 0 amide bonds. The highest BCUT2D eigenvalue weighted by molar-refractivity contribution is 6.25. The third-order valence-electron chi connectivity index (χ3n) is 11.2. The van der Waals surface area contributed by atoms with Crippen molar-refractivity contribution in [1.29, 1.82) is 0 Å². The first kappa shape index (κ1) is 25.7. The number of ketones is 1. The largest absolute Gasteiger partial charge is 0.289 e. The number of carbonyl (C=O) groups excluding carboxylic acids is 1. The highest BCUT2D eigenvalue weighted by Crippen LogP contribution is 2.55. The van der Waals surface area contributed by atoms with Gasteiger partial charge in [0.2, 0.25) is 5.95 Å². The molecular weight excluding hydrogens is 599 g/mol. The van der Waals surface area contributed by atoms with Crippen molar-refractivity contribution in [3.05, 3.63) is 161 Å². The van der Waals surface area contributed by atoms with Gasteiger partial charge in [-0.2, -0.15) is 0 Å². The summed E-state index contributed by atoms with van der Waals surface area (Å²) in [5.41, 5.74) is 15.4. The number of rotatable bonds is 1. The van der Waals surface area contributed by atoms with Crippen LogP contribution in [0.4, 0.5) is 0 Å².